The van der Waals surface area contributed by atoms with Crippen molar-refractivity contribution in [1.82, 2.24) is 14.5 Å². The van der Waals surface area contributed by atoms with Gasteiger partial charge in [0, 0.05) is 5.02 Å². The van der Waals surface area contributed by atoms with E-state index in [0.29, 0.717) is 26.9 Å². The molecule has 0 spiro atoms. The van der Waals surface area contributed by atoms with Crippen LogP contribution in [0.25, 0.3) is 38.4 Å². The number of ether oxygens (including phenoxy) is 1. The fraction of sp³-hybridized carbons (Fsp3) is 0.0417. The lowest BCUT2D eigenvalue weighted by Gasteiger charge is -2.08. The summed E-state index contributed by atoms with van der Waals surface area (Å²) in [4.78, 5) is 22.8. The number of halogens is 1. The molecule has 0 N–H and O–H groups in total. The number of thiazole rings is 1. The zero-order chi connectivity index (χ0) is 21.4. The first-order chi connectivity index (χ1) is 15.1. The van der Waals surface area contributed by atoms with Crippen molar-refractivity contribution < 1.29 is 4.74 Å². The van der Waals surface area contributed by atoms with E-state index < -0.39 is 0 Å². The standard InChI is InChI=1S/C24H16ClN3O2S/c1-30-17-11-12-20-21(14-17)31-24(27-20)28-22(13-8-15-6-9-16(25)10-7-15)26-19-5-3-2-4-18(19)23(28)29/h2-14H,1H3/b13-8+. The largest absolute Gasteiger partial charge is 0.497 e. The van der Waals surface area contributed by atoms with Gasteiger partial charge in [-0.25, -0.2) is 14.5 Å². The van der Waals surface area contributed by atoms with Gasteiger partial charge in [0.1, 0.15) is 11.6 Å². The number of hydrogen-bond donors (Lipinski definition) is 0. The van der Waals surface area contributed by atoms with Crippen LogP contribution in [0.2, 0.25) is 5.02 Å². The molecule has 0 saturated carbocycles. The van der Waals surface area contributed by atoms with Gasteiger partial charge in [0.05, 0.1) is 28.2 Å². The van der Waals surface area contributed by atoms with Crippen molar-refractivity contribution >= 4 is 56.2 Å². The van der Waals surface area contributed by atoms with Crippen molar-refractivity contribution in [3.63, 3.8) is 0 Å². The molecule has 0 aliphatic carbocycles. The highest BCUT2D eigenvalue weighted by Gasteiger charge is 2.15. The van der Waals surface area contributed by atoms with Gasteiger partial charge < -0.3 is 4.74 Å². The molecule has 5 nitrogen and oxygen atoms in total. The summed E-state index contributed by atoms with van der Waals surface area (Å²) in [5.74, 6) is 1.25. The van der Waals surface area contributed by atoms with Crippen LogP contribution in [0.4, 0.5) is 0 Å². The van der Waals surface area contributed by atoms with Gasteiger partial charge in [-0.2, -0.15) is 0 Å². The maximum absolute atomic E-state index is 13.4. The number of nitrogens with zero attached hydrogens (tertiary/aromatic N) is 3. The van der Waals surface area contributed by atoms with Crippen LogP contribution in [0.5, 0.6) is 5.75 Å². The van der Waals surface area contributed by atoms with Crippen molar-refractivity contribution in [3.8, 4) is 10.9 Å². The van der Waals surface area contributed by atoms with Crippen molar-refractivity contribution in [1.29, 1.82) is 0 Å². The van der Waals surface area contributed by atoms with Crippen LogP contribution in [0, 0.1) is 0 Å². The summed E-state index contributed by atoms with van der Waals surface area (Å²) >= 11 is 7.40. The van der Waals surface area contributed by atoms with E-state index in [1.54, 1.807) is 17.7 Å². The molecule has 0 amide bonds. The fourth-order valence-corrected chi connectivity index (χ4v) is 4.43. The molecule has 2 aromatic heterocycles. The summed E-state index contributed by atoms with van der Waals surface area (Å²) in [6, 6.07) is 20.4. The van der Waals surface area contributed by atoms with Crippen LogP contribution in [-0.4, -0.2) is 21.6 Å². The maximum Gasteiger partial charge on any atom is 0.268 e. The van der Waals surface area contributed by atoms with Crippen molar-refractivity contribution in [2.45, 2.75) is 0 Å². The molecule has 0 aliphatic rings. The molecule has 0 radical (unpaired) electrons. The number of rotatable bonds is 4. The van der Waals surface area contributed by atoms with Gasteiger partial charge in [-0.15, -0.1) is 0 Å². The Kier molecular flexibility index (Phi) is 5.02. The second-order valence-electron chi connectivity index (χ2n) is 6.84. The average molecular weight is 446 g/mol. The monoisotopic (exact) mass is 445 g/mol. The Balaban J connectivity index is 1.72. The highest BCUT2D eigenvalue weighted by Crippen LogP contribution is 2.29. The summed E-state index contributed by atoms with van der Waals surface area (Å²) < 4.78 is 7.81. The average Bonchev–Trinajstić information content (AvgIpc) is 3.21. The van der Waals surface area contributed by atoms with Crippen molar-refractivity contribution in [3.05, 3.63) is 93.5 Å². The minimum Gasteiger partial charge on any atom is -0.497 e. The predicted molar refractivity (Wildman–Crippen MR) is 127 cm³/mol. The Morgan fingerprint density at radius 2 is 1.77 bits per heavy atom. The number of hydrogen-bond acceptors (Lipinski definition) is 5. The smallest absolute Gasteiger partial charge is 0.268 e. The van der Waals surface area contributed by atoms with Gasteiger partial charge >= 0.3 is 0 Å². The van der Waals surface area contributed by atoms with Crippen LogP contribution in [0.3, 0.4) is 0 Å². The molecule has 3 aromatic carbocycles. The lowest BCUT2D eigenvalue weighted by Crippen LogP contribution is -2.22. The second-order valence-corrected chi connectivity index (χ2v) is 8.29. The number of aromatic nitrogens is 3. The van der Waals surface area contributed by atoms with Crippen LogP contribution in [0.1, 0.15) is 11.4 Å². The third kappa shape index (κ3) is 3.71. The Morgan fingerprint density at radius 3 is 2.58 bits per heavy atom. The Labute approximate surface area is 186 Å². The third-order valence-corrected chi connectivity index (χ3v) is 6.13. The maximum atomic E-state index is 13.4. The van der Waals surface area contributed by atoms with Crippen LogP contribution < -0.4 is 10.3 Å². The van der Waals surface area contributed by atoms with Gasteiger partial charge in [0.2, 0.25) is 0 Å². The van der Waals surface area contributed by atoms with E-state index in [1.807, 2.05) is 72.8 Å². The van der Waals surface area contributed by atoms with Gasteiger partial charge in [-0.05, 0) is 54.1 Å². The molecule has 152 valence electrons. The van der Waals surface area contributed by atoms with Crippen molar-refractivity contribution in [2.24, 2.45) is 0 Å². The molecule has 0 bridgehead atoms. The van der Waals surface area contributed by atoms with E-state index in [-0.39, 0.29) is 5.56 Å². The van der Waals surface area contributed by atoms with Crippen LogP contribution in [0.15, 0.2) is 71.5 Å². The molecule has 0 saturated heterocycles. The summed E-state index contributed by atoms with van der Waals surface area (Å²) in [5, 5.41) is 1.77. The van der Waals surface area contributed by atoms with E-state index in [1.165, 1.54) is 11.3 Å². The third-order valence-electron chi connectivity index (χ3n) is 4.87. The molecule has 0 unspecified atom stereocenters. The summed E-state index contributed by atoms with van der Waals surface area (Å²) in [5.41, 5.74) is 2.23. The minimum absolute atomic E-state index is 0.160. The zero-order valence-corrected chi connectivity index (χ0v) is 18.0. The van der Waals surface area contributed by atoms with Gasteiger partial charge in [-0.1, -0.05) is 53.3 Å². The van der Waals surface area contributed by atoms with Gasteiger partial charge in [0.25, 0.3) is 5.56 Å². The number of para-hydroxylation sites is 1. The first-order valence-electron chi connectivity index (χ1n) is 9.53. The summed E-state index contributed by atoms with van der Waals surface area (Å²) in [6.45, 7) is 0. The molecule has 5 aromatic rings. The number of fused-ring (bicyclic) bond motifs is 2. The lowest BCUT2D eigenvalue weighted by atomic mass is 10.2. The van der Waals surface area contributed by atoms with Gasteiger partial charge in [-0.3, -0.25) is 4.79 Å². The predicted octanol–water partition coefficient (Wildman–Crippen LogP) is 5.83. The quantitative estimate of drug-likeness (QED) is 0.349. The molecular formula is C24H16ClN3O2S. The van der Waals surface area contributed by atoms with E-state index in [4.69, 9.17) is 21.3 Å². The molecule has 0 atom stereocenters. The lowest BCUT2D eigenvalue weighted by molar-refractivity contribution is 0.415. The number of benzene rings is 3. The first-order valence-corrected chi connectivity index (χ1v) is 10.7. The van der Waals surface area contributed by atoms with Crippen molar-refractivity contribution in [2.75, 3.05) is 7.11 Å². The fourth-order valence-electron chi connectivity index (χ4n) is 3.31. The van der Waals surface area contributed by atoms with Crippen LogP contribution in [-0.2, 0) is 0 Å². The Hall–Kier alpha value is -3.48. The van der Waals surface area contributed by atoms with E-state index in [0.717, 1.165) is 21.5 Å². The summed E-state index contributed by atoms with van der Waals surface area (Å²) in [7, 11) is 1.63. The molecule has 31 heavy (non-hydrogen) atoms. The molecule has 0 aliphatic heterocycles. The van der Waals surface area contributed by atoms with Gasteiger partial charge in [0.15, 0.2) is 5.13 Å². The Morgan fingerprint density at radius 1 is 0.968 bits per heavy atom. The molecule has 7 heteroatoms. The highest BCUT2D eigenvalue weighted by atomic mass is 35.5. The molecule has 0 fully saturated rings. The Bertz CT molecular complexity index is 1500. The second kappa shape index (κ2) is 7.98. The number of methoxy groups -OCH3 is 1. The minimum atomic E-state index is -0.160. The first kappa shape index (κ1) is 19.5. The van der Waals surface area contributed by atoms with E-state index in [9.17, 15) is 4.79 Å². The topological polar surface area (TPSA) is 57.0 Å². The van der Waals surface area contributed by atoms with Crippen LogP contribution >= 0.6 is 22.9 Å². The SMILES string of the molecule is COc1ccc2nc(-n3c(/C=C/c4ccc(Cl)cc4)nc4ccccc4c3=O)sc2c1. The molecule has 2 heterocycles. The van der Waals surface area contributed by atoms with E-state index >= 15 is 0 Å². The molecular weight excluding hydrogens is 430 g/mol. The molecule has 5 rings (SSSR count). The summed E-state index contributed by atoms with van der Waals surface area (Å²) in [6.07, 6.45) is 3.73. The van der Waals surface area contributed by atoms with E-state index in [2.05, 4.69) is 4.98 Å². The highest BCUT2D eigenvalue weighted by molar-refractivity contribution is 7.20. The normalized spacial score (nSPS) is 11.5. The zero-order valence-electron chi connectivity index (χ0n) is 16.4.